The van der Waals surface area contributed by atoms with Gasteiger partial charge in [0.25, 0.3) is 16.0 Å². The van der Waals surface area contributed by atoms with E-state index in [2.05, 4.69) is 20.3 Å². The van der Waals surface area contributed by atoms with Gasteiger partial charge in [-0.25, -0.2) is 9.98 Å². The number of hydrogen-bond donors (Lipinski definition) is 3. The van der Waals surface area contributed by atoms with Gasteiger partial charge in [0.15, 0.2) is 10.3 Å². The van der Waals surface area contributed by atoms with Crippen LogP contribution in [0.25, 0.3) is 5.57 Å². The first-order valence-electron chi connectivity index (χ1n) is 8.98. The van der Waals surface area contributed by atoms with Crippen molar-refractivity contribution in [1.82, 2.24) is 9.97 Å². The maximum Gasteiger partial charge on any atom is 0.311 e. The predicted molar refractivity (Wildman–Crippen MR) is 114 cm³/mol. The topological polar surface area (TPSA) is 168 Å². The Bertz CT molecular complexity index is 1470. The van der Waals surface area contributed by atoms with Gasteiger partial charge in [0.2, 0.25) is 5.88 Å². The number of esters is 1. The Labute approximate surface area is 188 Å². The molecular weight excluding hydrogens is 480 g/mol. The lowest BCUT2D eigenvalue weighted by atomic mass is 10.1. The van der Waals surface area contributed by atoms with E-state index in [-0.39, 0.29) is 39.2 Å². The Morgan fingerprint density at radius 2 is 2.03 bits per heavy atom. The molecule has 0 radical (unpaired) electrons. The van der Waals surface area contributed by atoms with Gasteiger partial charge in [-0.2, -0.15) is 13.4 Å². The number of carbonyl (C=O) groups excluding carboxylic acids is 2. The zero-order chi connectivity index (χ0) is 23.0. The van der Waals surface area contributed by atoms with E-state index < -0.39 is 32.8 Å². The molecule has 1 aliphatic rings. The number of amides is 1. The molecule has 1 amide bonds. The van der Waals surface area contributed by atoms with Crippen molar-refractivity contribution in [3.63, 3.8) is 0 Å². The van der Waals surface area contributed by atoms with E-state index in [4.69, 9.17) is 4.74 Å². The minimum absolute atomic E-state index is 0.0151. The molecule has 11 nitrogen and oxygen atoms in total. The summed E-state index contributed by atoms with van der Waals surface area (Å²) in [4.78, 5) is 35.8. The lowest BCUT2D eigenvalue weighted by molar-refractivity contribution is -0.142. The molecule has 0 bridgehead atoms. The molecule has 1 aliphatic heterocycles. The van der Waals surface area contributed by atoms with Crippen molar-refractivity contribution in [2.45, 2.75) is 18.2 Å². The predicted octanol–water partition coefficient (Wildman–Crippen LogP) is 0.760. The number of hydrogen-bond acceptors (Lipinski definition) is 11. The van der Waals surface area contributed by atoms with E-state index in [0.29, 0.717) is 10.8 Å². The zero-order valence-electron chi connectivity index (χ0n) is 16.2. The molecule has 3 heterocycles. The van der Waals surface area contributed by atoms with Crippen molar-refractivity contribution in [3.05, 3.63) is 44.7 Å². The van der Waals surface area contributed by atoms with Crippen LogP contribution in [0, 0.1) is 0 Å². The molecule has 0 saturated heterocycles. The van der Waals surface area contributed by atoms with Crippen LogP contribution in [0.2, 0.25) is 0 Å². The summed E-state index contributed by atoms with van der Waals surface area (Å²) in [6, 6.07) is 3.54. The monoisotopic (exact) mass is 494 g/mol. The van der Waals surface area contributed by atoms with E-state index >= 15 is 0 Å². The summed E-state index contributed by atoms with van der Waals surface area (Å²) in [5.74, 6) is -1.53. The summed E-state index contributed by atoms with van der Waals surface area (Å²) in [6.07, 6.45) is 0.0151. The molecule has 166 valence electrons. The quantitative estimate of drug-likeness (QED) is 0.315. The fourth-order valence-electron chi connectivity index (χ4n) is 2.90. The number of fused-ring (bicyclic) bond motifs is 1. The Hall–Kier alpha value is -3.20. The molecule has 1 aromatic carbocycles. The molecule has 0 fully saturated rings. The van der Waals surface area contributed by atoms with Crippen LogP contribution in [0.1, 0.15) is 17.5 Å². The van der Waals surface area contributed by atoms with Gasteiger partial charge in [0, 0.05) is 10.6 Å². The van der Waals surface area contributed by atoms with Crippen LogP contribution in [-0.4, -0.2) is 46.5 Å². The van der Waals surface area contributed by atoms with Gasteiger partial charge in [-0.3, -0.25) is 14.1 Å². The van der Waals surface area contributed by atoms with Crippen molar-refractivity contribution in [1.29, 1.82) is 0 Å². The number of nitrogens with one attached hydrogen (secondary N) is 1. The van der Waals surface area contributed by atoms with E-state index in [1.165, 1.54) is 17.4 Å². The van der Waals surface area contributed by atoms with E-state index in [1.54, 1.807) is 12.3 Å². The first-order chi connectivity index (χ1) is 15.2. The van der Waals surface area contributed by atoms with Gasteiger partial charge in [0.1, 0.15) is 4.88 Å². The summed E-state index contributed by atoms with van der Waals surface area (Å²) in [5, 5.41) is 15.9. The Balaban J connectivity index is 1.66. The minimum atomic E-state index is -4.50. The number of aromatic nitrogens is 2. The number of anilines is 2. The second-order valence-electron chi connectivity index (χ2n) is 6.37. The van der Waals surface area contributed by atoms with Crippen LogP contribution < -0.4 is 15.9 Å². The van der Waals surface area contributed by atoms with Gasteiger partial charge in [0.05, 0.1) is 34.5 Å². The number of thiazole rings is 2. The molecule has 32 heavy (non-hydrogen) atoms. The second kappa shape index (κ2) is 8.38. The standard InChI is InChI=1S/C18H14N4O7S3/c1-2-29-12(23)5-8-7-30-17(19-8)22-18-21-16(25)14(31-18)13-10-6-9(32(26,27)28)3-4-11(10)20-15(13)24/h3-4,6-7,25H,2,5H2,1H3,(H,19,21,22)(H,26,27,28). The highest BCUT2D eigenvalue weighted by molar-refractivity contribution is 7.85. The number of ether oxygens (including phenoxy) is 1. The van der Waals surface area contributed by atoms with Gasteiger partial charge in [-0.05, 0) is 25.1 Å². The first kappa shape index (κ1) is 22.0. The Kier molecular flexibility index (Phi) is 5.77. The van der Waals surface area contributed by atoms with Crippen LogP contribution in [0.5, 0.6) is 5.88 Å². The third-order valence-electron chi connectivity index (χ3n) is 4.20. The molecular formula is C18H14N4O7S3. The van der Waals surface area contributed by atoms with Gasteiger partial charge < -0.3 is 15.2 Å². The SMILES string of the molecule is CCOC(=O)Cc1csc(Nc2nc(O)c(C3=c4cc(S(=O)(=O)O)ccc4=NC3=O)s2)n1. The third kappa shape index (κ3) is 4.38. The van der Waals surface area contributed by atoms with Crippen molar-refractivity contribution in [2.24, 2.45) is 4.99 Å². The van der Waals surface area contributed by atoms with Crippen molar-refractivity contribution >= 4 is 60.5 Å². The lowest BCUT2D eigenvalue weighted by Gasteiger charge is -1.98. The average Bonchev–Trinajstić information content (AvgIpc) is 3.37. The Morgan fingerprint density at radius 3 is 2.75 bits per heavy atom. The largest absolute Gasteiger partial charge is 0.492 e. The van der Waals surface area contributed by atoms with Crippen LogP contribution in [0.3, 0.4) is 0 Å². The molecule has 0 unspecified atom stereocenters. The van der Waals surface area contributed by atoms with Gasteiger partial charge >= 0.3 is 5.97 Å². The van der Waals surface area contributed by atoms with E-state index in [1.807, 2.05) is 0 Å². The fraction of sp³-hybridized carbons (Fsp3) is 0.167. The number of carbonyl (C=O) groups is 2. The maximum absolute atomic E-state index is 12.4. The first-order valence-corrected chi connectivity index (χ1v) is 12.1. The van der Waals surface area contributed by atoms with E-state index in [9.17, 15) is 27.7 Å². The molecule has 3 aromatic rings. The smallest absolute Gasteiger partial charge is 0.311 e. The average molecular weight is 495 g/mol. The van der Waals surface area contributed by atoms with Crippen LogP contribution in [0.15, 0.2) is 33.5 Å². The highest BCUT2D eigenvalue weighted by Gasteiger charge is 2.26. The highest BCUT2D eigenvalue weighted by Crippen LogP contribution is 2.35. The maximum atomic E-state index is 12.4. The molecule has 3 N–H and O–H groups in total. The van der Waals surface area contributed by atoms with Crippen molar-refractivity contribution in [3.8, 4) is 5.88 Å². The minimum Gasteiger partial charge on any atom is -0.492 e. The summed E-state index contributed by atoms with van der Waals surface area (Å²) >= 11 is 2.15. The summed E-state index contributed by atoms with van der Waals surface area (Å²) < 4.78 is 37.1. The third-order valence-corrected chi connectivity index (χ3v) is 6.84. The number of nitrogens with zero attached hydrogens (tertiary/aromatic N) is 3. The fourth-order valence-corrected chi connectivity index (χ4v) is 5.09. The molecule has 0 spiro atoms. The summed E-state index contributed by atoms with van der Waals surface area (Å²) in [7, 11) is -4.50. The number of rotatable bonds is 7. The van der Waals surface area contributed by atoms with Crippen LogP contribution in [0.4, 0.5) is 10.3 Å². The van der Waals surface area contributed by atoms with Crippen molar-refractivity contribution in [2.75, 3.05) is 11.9 Å². The molecule has 2 aromatic heterocycles. The lowest BCUT2D eigenvalue weighted by Crippen LogP contribution is -2.24. The molecule has 0 atom stereocenters. The highest BCUT2D eigenvalue weighted by atomic mass is 32.2. The molecule has 4 rings (SSSR count). The van der Waals surface area contributed by atoms with Crippen LogP contribution >= 0.6 is 22.7 Å². The van der Waals surface area contributed by atoms with Gasteiger partial charge in [-0.15, -0.1) is 11.3 Å². The van der Waals surface area contributed by atoms with Crippen LogP contribution in [-0.2, 0) is 30.9 Å². The number of aromatic hydroxyl groups is 1. The number of benzene rings is 1. The normalized spacial score (nSPS) is 13.1. The molecule has 14 heteroatoms. The van der Waals surface area contributed by atoms with Gasteiger partial charge in [-0.1, -0.05) is 11.3 Å². The summed E-state index contributed by atoms with van der Waals surface area (Å²) in [6.45, 7) is 1.98. The van der Waals surface area contributed by atoms with E-state index in [0.717, 1.165) is 23.5 Å². The van der Waals surface area contributed by atoms with Crippen molar-refractivity contribution < 1.29 is 32.4 Å². The zero-order valence-corrected chi connectivity index (χ0v) is 18.7. The summed E-state index contributed by atoms with van der Waals surface area (Å²) in [5.41, 5.74) is 0.471. The molecule has 0 saturated carbocycles. The Morgan fingerprint density at radius 1 is 1.25 bits per heavy atom. The second-order valence-corrected chi connectivity index (χ2v) is 9.65. The molecule has 0 aliphatic carbocycles.